The standard InChI is InChI=1S/C18H20N2O4/c1-3-12(2)24-15-11-14(9-10-19-15)17(21)20-16(18(22)23)13-7-5-4-6-8-13/h4-12,16H,3H2,1-2H3,(H,20,21)(H,22,23). The fraction of sp³-hybridized carbons (Fsp3) is 0.278. The number of ether oxygens (including phenoxy) is 1. The van der Waals surface area contributed by atoms with Gasteiger partial charge >= 0.3 is 5.97 Å². The molecule has 1 aromatic heterocycles. The third-order valence-electron chi connectivity index (χ3n) is 3.55. The van der Waals surface area contributed by atoms with E-state index in [0.29, 0.717) is 17.0 Å². The molecule has 1 aromatic carbocycles. The largest absolute Gasteiger partial charge is 0.479 e. The highest BCUT2D eigenvalue weighted by molar-refractivity contribution is 5.97. The van der Waals surface area contributed by atoms with Crippen LogP contribution in [-0.2, 0) is 4.79 Å². The molecule has 0 aliphatic carbocycles. The Balaban J connectivity index is 2.16. The van der Waals surface area contributed by atoms with E-state index in [4.69, 9.17) is 4.74 Å². The van der Waals surface area contributed by atoms with E-state index in [9.17, 15) is 14.7 Å². The van der Waals surface area contributed by atoms with Crippen molar-refractivity contribution in [1.29, 1.82) is 0 Å². The van der Waals surface area contributed by atoms with Crippen LogP contribution in [0.1, 0.15) is 42.2 Å². The number of benzene rings is 1. The number of carbonyl (C=O) groups excluding carboxylic acids is 1. The van der Waals surface area contributed by atoms with E-state index in [1.165, 1.54) is 18.3 Å². The third-order valence-corrected chi connectivity index (χ3v) is 3.55. The summed E-state index contributed by atoms with van der Waals surface area (Å²) in [6.45, 7) is 3.89. The molecule has 0 aliphatic rings. The maximum Gasteiger partial charge on any atom is 0.330 e. The first-order chi connectivity index (χ1) is 11.5. The maximum atomic E-state index is 12.4. The van der Waals surface area contributed by atoms with Crippen molar-refractivity contribution in [2.24, 2.45) is 0 Å². The molecular formula is C18H20N2O4. The van der Waals surface area contributed by atoms with Gasteiger partial charge in [-0.15, -0.1) is 0 Å². The molecule has 2 N–H and O–H groups in total. The van der Waals surface area contributed by atoms with Crippen molar-refractivity contribution in [2.75, 3.05) is 0 Å². The second-order valence-electron chi connectivity index (χ2n) is 5.37. The molecule has 2 unspecified atom stereocenters. The molecule has 2 rings (SSSR count). The van der Waals surface area contributed by atoms with Gasteiger partial charge in [-0.3, -0.25) is 4.79 Å². The summed E-state index contributed by atoms with van der Waals surface area (Å²) >= 11 is 0. The second-order valence-corrected chi connectivity index (χ2v) is 5.37. The van der Waals surface area contributed by atoms with Gasteiger partial charge in [0, 0.05) is 17.8 Å². The van der Waals surface area contributed by atoms with Gasteiger partial charge in [0.05, 0.1) is 6.10 Å². The predicted molar refractivity (Wildman–Crippen MR) is 88.9 cm³/mol. The van der Waals surface area contributed by atoms with Crippen molar-refractivity contribution in [2.45, 2.75) is 32.4 Å². The van der Waals surface area contributed by atoms with Gasteiger partial charge in [-0.05, 0) is 25.0 Å². The van der Waals surface area contributed by atoms with Crippen LogP contribution in [0.4, 0.5) is 0 Å². The molecule has 2 aromatic rings. The first-order valence-electron chi connectivity index (χ1n) is 7.72. The number of amides is 1. The van der Waals surface area contributed by atoms with Crippen LogP contribution >= 0.6 is 0 Å². The van der Waals surface area contributed by atoms with Crippen LogP contribution in [0.3, 0.4) is 0 Å². The molecule has 0 aliphatic heterocycles. The lowest BCUT2D eigenvalue weighted by Crippen LogP contribution is -2.33. The second kappa shape index (κ2) is 8.10. The van der Waals surface area contributed by atoms with Crippen molar-refractivity contribution in [3.05, 3.63) is 59.8 Å². The highest BCUT2D eigenvalue weighted by atomic mass is 16.5. The minimum atomic E-state index is -1.13. The fourth-order valence-corrected chi connectivity index (χ4v) is 2.05. The van der Waals surface area contributed by atoms with E-state index >= 15 is 0 Å². The van der Waals surface area contributed by atoms with Crippen LogP contribution in [0.15, 0.2) is 48.7 Å². The highest BCUT2D eigenvalue weighted by Crippen LogP contribution is 2.16. The number of rotatable bonds is 7. The van der Waals surface area contributed by atoms with Gasteiger partial charge in [-0.1, -0.05) is 37.3 Å². The Hall–Kier alpha value is -2.89. The average Bonchev–Trinajstić information content (AvgIpc) is 2.60. The van der Waals surface area contributed by atoms with E-state index in [2.05, 4.69) is 10.3 Å². The predicted octanol–water partition coefficient (Wildman–Crippen LogP) is 2.81. The molecule has 0 spiro atoms. The summed E-state index contributed by atoms with van der Waals surface area (Å²) in [5, 5.41) is 11.9. The average molecular weight is 328 g/mol. The number of aromatic nitrogens is 1. The first kappa shape index (κ1) is 17.5. The molecule has 1 heterocycles. The number of aliphatic carboxylic acids is 1. The van der Waals surface area contributed by atoms with Gasteiger partial charge in [0.25, 0.3) is 5.91 Å². The lowest BCUT2D eigenvalue weighted by Gasteiger charge is -2.16. The zero-order chi connectivity index (χ0) is 17.5. The normalized spacial score (nSPS) is 12.9. The van der Waals surface area contributed by atoms with Crippen molar-refractivity contribution in [3.63, 3.8) is 0 Å². The number of nitrogens with one attached hydrogen (secondary N) is 1. The topological polar surface area (TPSA) is 88.5 Å². The van der Waals surface area contributed by atoms with Crippen LogP contribution in [0.2, 0.25) is 0 Å². The molecule has 0 bridgehead atoms. The van der Waals surface area contributed by atoms with Crippen molar-refractivity contribution < 1.29 is 19.4 Å². The van der Waals surface area contributed by atoms with Gasteiger partial charge < -0.3 is 15.2 Å². The van der Waals surface area contributed by atoms with Gasteiger partial charge in [0.1, 0.15) is 0 Å². The summed E-state index contributed by atoms with van der Waals surface area (Å²) in [6.07, 6.45) is 2.25. The van der Waals surface area contributed by atoms with Gasteiger partial charge in [0.2, 0.25) is 5.88 Å². The quantitative estimate of drug-likeness (QED) is 0.816. The molecule has 0 saturated heterocycles. The van der Waals surface area contributed by atoms with E-state index in [0.717, 1.165) is 6.42 Å². The molecule has 6 heteroatoms. The smallest absolute Gasteiger partial charge is 0.330 e. The van der Waals surface area contributed by atoms with E-state index < -0.39 is 17.9 Å². The van der Waals surface area contributed by atoms with Crippen molar-refractivity contribution in [3.8, 4) is 5.88 Å². The zero-order valence-electron chi connectivity index (χ0n) is 13.6. The van der Waals surface area contributed by atoms with Crippen LogP contribution in [0.5, 0.6) is 5.88 Å². The molecule has 0 saturated carbocycles. The number of hydrogen-bond donors (Lipinski definition) is 2. The van der Waals surface area contributed by atoms with Crippen molar-refractivity contribution >= 4 is 11.9 Å². The van der Waals surface area contributed by atoms with E-state index in [1.54, 1.807) is 30.3 Å². The van der Waals surface area contributed by atoms with Crippen LogP contribution in [0.25, 0.3) is 0 Å². The lowest BCUT2D eigenvalue weighted by molar-refractivity contribution is -0.139. The Bertz CT molecular complexity index is 703. The monoisotopic (exact) mass is 328 g/mol. The lowest BCUT2D eigenvalue weighted by atomic mass is 10.1. The maximum absolute atomic E-state index is 12.4. The number of hydrogen-bond acceptors (Lipinski definition) is 4. The number of carbonyl (C=O) groups is 2. The minimum Gasteiger partial charge on any atom is -0.479 e. The summed E-state index contributed by atoms with van der Waals surface area (Å²) in [5.41, 5.74) is 0.800. The van der Waals surface area contributed by atoms with Gasteiger partial charge in [0.15, 0.2) is 6.04 Å². The van der Waals surface area contributed by atoms with Crippen LogP contribution < -0.4 is 10.1 Å². The number of carboxylic acid groups (broad SMARTS) is 1. The summed E-state index contributed by atoms with van der Waals surface area (Å²) in [5.74, 6) is -1.29. The Morgan fingerprint density at radius 3 is 2.58 bits per heavy atom. The molecule has 0 fully saturated rings. The van der Waals surface area contributed by atoms with E-state index in [-0.39, 0.29) is 6.10 Å². The Morgan fingerprint density at radius 1 is 1.25 bits per heavy atom. The molecule has 1 amide bonds. The molecular weight excluding hydrogens is 308 g/mol. The third kappa shape index (κ3) is 4.55. The summed E-state index contributed by atoms with van der Waals surface area (Å²) in [6, 6.07) is 10.4. The molecule has 0 radical (unpaired) electrons. The number of pyridine rings is 1. The molecule has 126 valence electrons. The van der Waals surface area contributed by atoms with Crippen molar-refractivity contribution in [1.82, 2.24) is 10.3 Å². The zero-order valence-corrected chi connectivity index (χ0v) is 13.6. The number of carboxylic acids is 1. The molecule has 2 atom stereocenters. The molecule has 24 heavy (non-hydrogen) atoms. The van der Waals surface area contributed by atoms with Crippen LogP contribution in [0, 0.1) is 0 Å². The SMILES string of the molecule is CCC(C)Oc1cc(C(=O)NC(C(=O)O)c2ccccc2)ccn1. The summed E-state index contributed by atoms with van der Waals surface area (Å²) < 4.78 is 5.58. The summed E-state index contributed by atoms with van der Waals surface area (Å²) in [4.78, 5) is 27.9. The van der Waals surface area contributed by atoms with Gasteiger partial charge in [-0.2, -0.15) is 0 Å². The first-order valence-corrected chi connectivity index (χ1v) is 7.72. The minimum absolute atomic E-state index is 0.0214. The fourth-order valence-electron chi connectivity index (χ4n) is 2.05. The Labute approximate surface area is 140 Å². The van der Waals surface area contributed by atoms with E-state index in [1.807, 2.05) is 13.8 Å². The highest BCUT2D eigenvalue weighted by Gasteiger charge is 2.22. The number of nitrogens with zero attached hydrogens (tertiary/aromatic N) is 1. The van der Waals surface area contributed by atoms with Crippen LogP contribution in [-0.4, -0.2) is 28.1 Å². The Morgan fingerprint density at radius 2 is 1.96 bits per heavy atom. The van der Waals surface area contributed by atoms with Gasteiger partial charge in [-0.25, -0.2) is 9.78 Å². The summed E-state index contributed by atoms with van der Waals surface area (Å²) in [7, 11) is 0. The molecule has 6 nitrogen and oxygen atoms in total. The Kier molecular flexibility index (Phi) is 5.89.